The zero-order chi connectivity index (χ0) is 6.95. The van der Waals surface area contributed by atoms with Crippen molar-refractivity contribution in [2.24, 2.45) is 0 Å². The second-order valence-electron chi connectivity index (χ2n) is 1.25. The first-order chi connectivity index (χ1) is 4.41. The molecule has 0 saturated heterocycles. The molecule has 0 aliphatic rings. The molecule has 0 amide bonds. The van der Waals surface area contributed by atoms with Crippen molar-refractivity contribution >= 4 is 53.5 Å². The SMILES string of the molecule is [B]=BB=BB=BB=C=O. The summed E-state index contributed by atoms with van der Waals surface area (Å²) in [5.74, 6) is 1.61. The first-order valence-electron chi connectivity index (χ1n) is 2.49. The molecule has 0 saturated carbocycles. The van der Waals surface area contributed by atoms with Gasteiger partial charge in [0.05, 0.1) is 0 Å². The predicted octanol–water partition coefficient (Wildman–Crippen LogP) is -3.06. The van der Waals surface area contributed by atoms with Crippen LogP contribution in [-0.2, 0) is 4.79 Å². The minimum atomic E-state index is 1.28. The van der Waals surface area contributed by atoms with Gasteiger partial charge in [0.15, 0.2) is 0 Å². The van der Waals surface area contributed by atoms with Crippen molar-refractivity contribution in [2.75, 3.05) is 0 Å². The van der Waals surface area contributed by atoms with E-state index in [1.165, 1.54) is 13.5 Å². The number of hydrogen-bond acceptors (Lipinski definition) is 1. The third-order valence-electron chi connectivity index (χ3n) is 0.609. The molecule has 0 aromatic rings. The van der Waals surface area contributed by atoms with Gasteiger partial charge in [-0.2, -0.15) is 0 Å². The average molecular weight is 104 g/mol. The van der Waals surface area contributed by atoms with Gasteiger partial charge in [0.1, 0.15) is 0 Å². The van der Waals surface area contributed by atoms with E-state index in [0.717, 1.165) is 0 Å². The molecule has 0 bridgehead atoms. The van der Waals surface area contributed by atoms with Crippen LogP contribution >= 0.6 is 0 Å². The van der Waals surface area contributed by atoms with Gasteiger partial charge in [0, 0.05) is 0 Å². The maximum atomic E-state index is 9.55. The third kappa shape index (κ3) is 8.03. The van der Waals surface area contributed by atoms with E-state index >= 15 is 0 Å². The molecule has 0 atom stereocenters. The number of carbonyl (C=O) groups excluding carboxylic acids is 1. The van der Waals surface area contributed by atoms with Crippen molar-refractivity contribution in [3.05, 3.63) is 0 Å². The summed E-state index contributed by atoms with van der Waals surface area (Å²) >= 11 is 0. The summed E-state index contributed by atoms with van der Waals surface area (Å²) < 4.78 is 0. The topological polar surface area (TPSA) is 17.1 Å². The van der Waals surface area contributed by atoms with E-state index in [4.69, 9.17) is 7.37 Å². The van der Waals surface area contributed by atoms with Gasteiger partial charge in [0.25, 0.3) is 0 Å². The fourth-order valence-corrected chi connectivity index (χ4v) is 0.287. The Labute approximate surface area is 58.9 Å². The van der Waals surface area contributed by atoms with Crippen LogP contribution in [0, 0.1) is 0 Å². The first kappa shape index (κ1) is 9.03. The van der Waals surface area contributed by atoms with Crippen LogP contribution in [0.2, 0.25) is 0 Å². The second kappa shape index (κ2) is 8.03. The Kier molecular flexibility index (Phi) is 8.07. The summed E-state index contributed by atoms with van der Waals surface area (Å²) in [4.78, 5) is 9.55. The van der Waals surface area contributed by atoms with E-state index < -0.39 is 0 Å². The van der Waals surface area contributed by atoms with Gasteiger partial charge < -0.3 is 0 Å². The molecule has 0 rings (SSSR count). The van der Waals surface area contributed by atoms with Crippen molar-refractivity contribution in [3.63, 3.8) is 0 Å². The summed E-state index contributed by atoms with van der Waals surface area (Å²) in [7, 11) is 5.01. The molecule has 0 fully saturated rings. The molecule has 0 heterocycles. The molecule has 0 aliphatic carbocycles. The minimum absolute atomic E-state index is 1.28. The van der Waals surface area contributed by atoms with Crippen LogP contribution in [0.1, 0.15) is 0 Å². The Bertz CT molecular complexity index is 173. The van der Waals surface area contributed by atoms with Gasteiger partial charge in [-0.05, 0) is 0 Å². The molecular weight excluding hydrogens is 104 g/mol. The molecule has 0 spiro atoms. The van der Waals surface area contributed by atoms with Crippen molar-refractivity contribution < 1.29 is 4.79 Å². The zero-order valence-corrected chi connectivity index (χ0v) is 4.95. The number of hydrogen-bond donors (Lipinski definition) is 0. The Hall–Kier alpha value is 0.0345. The molecule has 31 valence electrons. The summed E-state index contributed by atoms with van der Waals surface area (Å²) in [6.07, 6.45) is 0. The van der Waals surface area contributed by atoms with Crippen LogP contribution in [0.3, 0.4) is 0 Å². The van der Waals surface area contributed by atoms with Gasteiger partial charge in [-0.15, -0.1) is 0 Å². The molecule has 0 aliphatic heterocycles. The average Bonchev–Trinajstić information content (AvgIpc) is 1.89. The number of rotatable bonds is 3. The summed E-state index contributed by atoms with van der Waals surface area (Å²) in [6, 6.07) is 0. The summed E-state index contributed by atoms with van der Waals surface area (Å²) in [5, 5.41) is 0. The van der Waals surface area contributed by atoms with Gasteiger partial charge in [0.2, 0.25) is 0 Å². The van der Waals surface area contributed by atoms with Crippen LogP contribution in [-0.4, -0.2) is 53.5 Å². The molecule has 9 heavy (non-hydrogen) atoms. The van der Waals surface area contributed by atoms with E-state index in [-0.39, 0.29) is 0 Å². The molecule has 0 N–H and O–H groups in total. The molecular formula is CB7O. The molecule has 1 nitrogen and oxygen atoms in total. The van der Waals surface area contributed by atoms with Gasteiger partial charge in [-0.25, -0.2) is 0 Å². The van der Waals surface area contributed by atoms with Gasteiger partial charge in [-0.3, -0.25) is 0 Å². The molecule has 0 unspecified atom stereocenters. The molecule has 8 heteroatoms. The van der Waals surface area contributed by atoms with Crippen molar-refractivity contribution in [1.29, 1.82) is 0 Å². The van der Waals surface area contributed by atoms with E-state index in [9.17, 15) is 4.79 Å². The monoisotopic (exact) mass is 105 g/mol. The normalized spacial score (nSPS) is 5.22. The van der Waals surface area contributed by atoms with Crippen molar-refractivity contribution in [3.8, 4) is 0 Å². The quantitative estimate of drug-likeness (QED) is 0.347. The first-order valence-corrected chi connectivity index (χ1v) is 2.49. The van der Waals surface area contributed by atoms with Crippen LogP contribution in [0.15, 0.2) is 0 Å². The fraction of sp³-hybridized carbons (Fsp3) is 0. The second-order valence-corrected chi connectivity index (χ2v) is 1.25. The van der Waals surface area contributed by atoms with Crippen LogP contribution in [0.5, 0.6) is 0 Å². The molecule has 0 aromatic heterocycles. The van der Waals surface area contributed by atoms with Crippen molar-refractivity contribution in [1.82, 2.24) is 0 Å². The van der Waals surface area contributed by atoms with Crippen LogP contribution < -0.4 is 0 Å². The van der Waals surface area contributed by atoms with Gasteiger partial charge in [-0.1, -0.05) is 0 Å². The van der Waals surface area contributed by atoms with Crippen LogP contribution in [0.4, 0.5) is 0 Å². The Balaban J connectivity index is 3.58. The van der Waals surface area contributed by atoms with E-state index in [1.807, 2.05) is 0 Å². The van der Waals surface area contributed by atoms with Gasteiger partial charge >= 0.3 is 58.3 Å². The fourth-order valence-electron chi connectivity index (χ4n) is 0.287. The standard InChI is InChI=1S/CB7O/c2-4-6-8-7-5-3-1-9. The Morgan fingerprint density at radius 1 is 1.11 bits per heavy atom. The Morgan fingerprint density at radius 3 is 2.33 bits per heavy atom. The predicted molar refractivity (Wildman–Crippen MR) is 46.0 cm³/mol. The van der Waals surface area contributed by atoms with E-state index in [0.29, 0.717) is 0 Å². The third-order valence-corrected chi connectivity index (χ3v) is 0.609. The maximum absolute atomic E-state index is 9.55. The molecule has 0 aromatic carbocycles. The van der Waals surface area contributed by atoms with Crippen LogP contribution in [0.25, 0.3) is 0 Å². The zero-order valence-electron chi connectivity index (χ0n) is 4.95. The Morgan fingerprint density at radius 2 is 1.78 bits per heavy atom. The summed E-state index contributed by atoms with van der Waals surface area (Å²) in [5.41, 5.74) is 0. The van der Waals surface area contributed by atoms with Crippen molar-refractivity contribution in [2.45, 2.75) is 0 Å². The molecule has 1 radical (unpaired) electrons. The van der Waals surface area contributed by atoms with E-state index in [2.05, 4.69) is 0 Å². The summed E-state index contributed by atoms with van der Waals surface area (Å²) in [6.45, 7) is 9.33. The van der Waals surface area contributed by atoms with E-state index in [1.54, 1.807) is 32.6 Å².